The van der Waals surface area contributed by atoms with Gasteiger partial charge in [-0.1, -0.05) is 63.6 Å². The first-order chi connectivity index (χ1) is 13.4. The molecule has 4 heteroatoms. The summed E-state index contributed by atoms with van der Waals surface area (Å²) in [5.74, 6) is -0.424. The van der Waals surface area contributed by atoms with Crippen molar-refractivity contribution in [2.45, 2.75) is 46.6 Å². The Balaban J connectivity index is 2.38. The molecule has 0 fully saturated rings. The zero-order valence-corrected chi connectivity index (χ0v) is 17.0. The SMILES string of the molecule is CCCc1c(C(=O)C(C)C)c2ccc(C(N)=O)cc2n1C(C)c1ccccc1. The van der Waals surface area contributed by atoms with E-state index >= 15 is 0 Å². The van der Waals surface area contributed by atoms with E-state index in [-0.39, 0.29) is 17.7 Å². The quantitative estimate of drug-likeness (QED) is 0.580. The molecule has 0 spiro atoms. The van der Waals surface area contributed by atoms with Crippen molar-refractivity contribution in [2.75, 3.05) is 0 Å². The summed E-state index contributed by atoms with van der Waals surface area (Å²) in [6.07, 6.45) is 1.73. The lowest BCUT2D eigenvalue weighted by atomic mass is 9.96. The Morgan fingerprint density at radius 1 is 1.04 bits per heavy atom. The van der Waals surface area contributed by atoms with Crippen LogP contribution in [0.1, 0.15) is 72.1 Å². The lowest BCUT2D eigenvalue weighted by molar-refractivity contribution is 0.0939. The fourth-order valence-corrected chi connectivity index (χ4v) is 3.89. The first-order valence-corrected chi connectivity index (χ1v) is 9.92. The molecule has 3 rings (SSSR count). The maximum atomic E-state index is 13.1. The molecule has 0 radical (unpaired) electrons. The molecular weight excluding hydrogens is 348 g/mol. The molecule has 2 aromatic carbocycles. The first-order valence-electron chi connectivity index (χ1n) is 9.92. The number of hydrogen-bond acceptors (Lipinski definition) is 2. The second-order valence-electron chi connectivity index (χ2n) is 7.64. The molecule has 0 aliphatic rings. The Hall–Kier alpha value is -2.88. The largest absolute Gasteiger partial charge is 0.366 e. The number of benzene rings is 2. The third kappa shape index (κ3) is 3.47. The minimum atomic E-state index is -0.462. The van der Waals surface area contributed by atoms with Crippen molar-refractivity contribution in [1.29, 1.82) is 0 Å². The Morgan fingerprint density at radius 2 is 1.71 bits per heavy atom. The van der Waals surface area contributed by atoms with Crippen LogP contribution in [0.15, 0.2) is 48.5 Å². The van der Waals surface area contributed by atoms with E-state index in [9.17, 15) is 9.59 Å². The van der Waals surface area contributed by atoms with Gasteiger partial charge in [-0.15, -0.1) is 0 Å². The van der Waals surface area contributed by atoms with Gasteiger partial charge in [0, 0.05) is 28.1 Å². The topological polar surface area (TPSA) is 65.1 Å². The molecule has 1 atom stereocenters. The van der Waals surface area contributed by atoms with Crippen LogP contribution in [0.5, 0.6) is 0 Å². The van der Waals surface area contributed by atoms with E-state index in [4.69, 9.17) is 5.73 Å². The van der Waals surface area contributed by atoms with Crippen LogP contribution in [0, 0.1) is 5.92 Å². The number of aromatic nitrogens is 1. The van der Waals surface area contributed by atoms with Crippen LogP contribution >= 0.6 is 0 Å². The number of carbonyl (C=O) groups is 2. The monoisotopic (exact) mass is 376 g/mol. The second kappa shape index (κ2) is 8.01. The Labute approximate surface area is 166 Å². The zero-order valence-electron chi connectivity index (χ0n) is 17.0. The molecule has 146 valence electrons. The Bertz CT molecular complexity index is 1020. The summed E-state index contributed by atoms with van der Waals surface area (Å²) in [5.41, 5.74) is 9.86. The van der Waals surface area contributed by atoms with Gasteiger partial charge >= 0.3 is 0 Å². The van der Waals surface area contributed by atoms with Crippen molar-refractivity contribution < 1.29 is 9.59 Å². The smallest absolute Gasteiger partial charge is 0.248 e. The van der Waals surface area contributed by atoms with Crippen molar-refractivity contribution in [2.24, 2.45) is 11.7 Å². The van der Waals surface area contributed by atoms with Crippen molar-refractivity contribution in [3.8, 4) is 0 Å². The number of fused-ring (bicyclic) bond motifs is 1. The van der Waals surface area contributed by atoms with Gasteiger partial charge in [-0.2, -0.15) is 0 Å². The van der Waals surface area contributed by atoms with Gasteiger partial charge in [-0.3, -0.25) is 9.59 Å². The number of carbonyl (C=O) groups excluding carboxylic acids is 2. The summed E-state index contributed by atoms with van der Waals surface area (Å²) in [6.45, 7) is 8.11. The minimum Gasteiger partial charge on any atom is -0.366 e. The van der Waals surface area contributed by atoms with Crippen LogP contribution in [0.25, 0.3) is 10.9 Å². The van der Waals surface area contributed by atoms with E-state index in [1.165, 1.54) is 0 Å². The van der Waals surface area contributed by atoms with Gasteiger partial charge in [0.25, 0.3) is 0 Å². The van der Waals surface area contributed by atoms with Crippen LogP contribution in [-0.2, 0) is 6.42 Å². The molecule has 0 aliphatic carbocycles. The molecule has 1 unspecified atom stereocenters. The van der Waals surface area contributed by atoms with Crippen molar-refractivity contribution in [1.82, 2.24) is 4.57 Å². The first kappa shape index (κ1) is 19.9. The Morgan fingerprint density at radius 3 is 2.29 bits per heavy atom. The number of rotatable bonds is 7. The van der Waals surface area contributed by atoms with Gasteiger partial charge in [0.1, 0.15) is 0 Å². The van der Waals surface area contributed by atoms with Gasteiger partial charge in [-0.25, -0.2) is 0 Å². The number of hydrogen-bond donors (Lipinski definition) is 1. The molecule has 0 saturated heterocycles. The van der Waals surface area contributed by atoms with Crippen molar-refractivity contribution >= 4 is 22.6 Å². The van der Waals surface area contributed by atoms with Crippen LogP contribution < -0.4 is 5.73 Å². The Kier molecular flexibility index (Phi) is 5.68. The molecule has 0 saturated carbocycles. The number of primary amides is 1. The molecule has 0 bridgehead atoms. The van der Waals surface area contributed by atoms with E-state index < -0.39 is 5.91 Å². The maximum absolute atomic E-state index is 13.1. The lowest BCUT2D eigenvalue weighted by Gasteiger charge is -2.20. The summed E-state index contributed by atoms with van der Waals surface area (Å²) in [7, 11) is 0. The number of Topliss-reactive ketones (excluding diaryl/α,β-unsaturated/α-hetero) is 1. The van der Waals surface area contributed by atoms with Crippen LogP contribution in [0.4, 0.5) is 0 Å². The standard InChI is InChI=1S/C24H28N2O2/c1-5-9-20-22(23(27)15(2)3)19-13-12-18(24(25)28)14-21(19)26(20)16(4)17-10-7-6-8-11-17/h6-8,10-16H,5,9H2,1-4H3,(H2,25,28). The molecule has 1 amide bonds. The third-order valence-corrected chi connectivity index (χ3v) is 5.32. The third-order valence-electron chi connectivity index (χ3n) is 5.32. The highest BCUT2D eigenvalue weighted by Gasteiger charge is 2.26. The average Bonchev–Trinajstić information content (AvgIpc) is 3.00. The molecule has 4 nitrogen and oxygen atoms in total. The normalized spacial score (nSPS) is 12.5. The van der Waals surface area contributed by atoms with Crippen LogP contribution in [-0.4, -0.2) is 16.3 Å². The number of nitrogens with two attached hydrogens (primary N) is 1. The summed E-state index contributed by atoms with van der Waals surface area (Å²) >= 11 is 0. The highest BCUT2D eigenvalue weighted by molar-refractivity contribution is 6.11. The molecule has 1 heterocycles. The summed E-state index contributed by atoms with van der Waals surface area (Å²) in [6, 6.07) is 15.7. The summed E-state index contributed by atoms with van der Waals surface area (Å²) in [5, 5.41) is 0.898. The second-order valence-corrected chi connectivity index (χ2v) is 7.64. The van der Waals surface area contributed by atoms with Gasteiger partial charge in [0.15, 0.2) is 5.78 Å². The number of ketones is 1. The van der Waals surface area contributed by atoms with E-state index in [1.54, 1.807) is 6.07 Å². The van der Waals surface area contributed by atoms with E-state index in [0.29, 0.717) is 5.56 Å². The summed E-state index contributed by atoms with van der Waals surface area (Å²) in [4.78, 5) is 24.9. The molecular formula is C24H28N2O2. The minimum absolute atomic E-state index is 0.0297. The van der Waals surface area contributed by atoms with Crippen LogP contribution in [0.2, 0.25) is 0 Å². The summed E-state index contributed by atoms with van der Waals surface area (Å²) < 4.78 is 2.22. The number of nitrogens with zero attached hydrogens (tertiary/aromatic N) is 1. The van der Waals surface area contributed by atoms with Gasteiger partial charge in [0.2, 0.25) is 5.91 Å². The lowest BCUT2D eigenvalue weighted by Crippen LogP contribution is -2.15. The van der Waals surface area contributed by atoms with Crippen molar-refractivity contribution in [3.05, 3.63) is 70.9 Å². The maximum Gasteiger partial charge on any atom is 0.248 e. The van der Waals surface area contributed by atoms with Gasteiger partial charge < -0.3 is 10.3 Å². The van der Waals surface area contributed by atoms with E-state index in [1.807, 2.05) is 44.2 Å². The molecule has 0 aliphatic heterocycles. The number of amides is 1. The highest BCUT2D eigenvalue weighted by Crippen LogP contribution is 2.35. The van der Waals surface area contributed by atoms with E-state index in [2.05, 4.69) is 30.5 Å². The van der Waals surface area contributed by atoms with Crippen LogP contribution in [0.3, 0.4) is 0 Å². The fraction of sp³-hybridized carbons (Fsp3) is 0.333. The zero-order chi connectivity index (χ0) is 20.4. The fourth-order valence-electron chi connectivity index (χ4n) is 3.89. The molecule has 2 N–H and O–H groups in total. The predicted octanol–water partition coefficient (Wildman–Crippen LogP) is 5.14. The molecule has 28 heavy (non-hydrogen) atoms. The highest BCUT2D eigenvalue weighted by atomic mass is 16.1. The molecule has 1 aromatic heterocycles. The van der Waals surface area contributed by atoms with Gasteiger partial charge in [0.05, 0.1) is 11.6 Å². The van der Waals surface area contributed by atoms with Gasteiger partial charge in [-0.05, 0) is 31.0 Å². The van der Waals surface area contributed by atoms with E-state index in [0.717, 1.165) is 40.6 Å². The van der Waals surface area contributed by atoms with Crippen molar-refractivity contribution in [3.63, 3.8) is 0 Å². The predicted molar refractivity (Wildman–Crippen MR) is 114 cm³/mol. The molecule has 3 aromatic rings. The average molecular weight is 377 g/mol.